The van der Waals surface area contributed by atoms with E-state index >= 15 is 0 Å². The molecule has 0 aliphatic rings. The number of H-pyrrole nitrogens is 1. The van der Waals surface area contributed by atoms with Crippen LogP contribution < -0.4 is 0 Å². The van der Waals surface area contributed by atoms with Crippen molar-refractivity contribution in [2.75, 3.05) is 0 Å². The summed E-state index contributed by atoms with van der Waals surface area (Å²) in [4.78, 5) is 12.3. The van der Waals surface area contributed by atoms with Crippen LogP contribution in [0.25, 0.3) is 21.7 Å². The molecule has 1 aromatic carbocycles. The minimum absolute atomic E-state index is 0.262. The zero-order valence-electron chi connectivity index (χ0n) is 7.57. The van der Waals surface area contributed by atoms with E-state index in [0.717, 1.165) is 16.2 Å². The highest BCUT2D eigenvalue weighted by Crippen LogP contribution is 2.23. The Balaban J connectivity index is 2.22. The summed E-state index contributed by atoms with van der Waals surface area (Å²) in [6.07, 6.45) is 1.73. The summed E-state index contributed by atoms with van der Waals surface area (Å²) in [7, 11) is 0. The molecule has 0 radical (unpaired) electrons. The van der Waals surface area contributed by atoms with E-state index in [1.165, 1.54) is 23.5 Å². The quantitative estimate of drug-likeness (QED) is 0.683. The van der Waals surface area contributed by atoms with Gasteiger partial charge in [-0.2, -0.15) is 0 Å². The number of nitrogens with one attached hydrogen (secondary N) is 1. The van der Waals surface area contributed by atoms with Gasteiger partial charge >= 0.3 is 0 Å². The summed E-state index contributed by atoms with van der Waals surface area (Å²) < 4.78 is 12.9. The third-order valence-corrected chi connectivity index (χ3v) is 2.89. The molecule has 0 spiro atoms. The van der Waals surface area contributed by atoms with E-state index < -0.39 is 0 Å². The van der Waals surface area contributed by atoms with Crippen molar-refractivity contribution in [3.8, 4) is 10.7 Å². The Kier molecular flexibility index (Phi) is 1.78. The van der Waals surface area contributed by atoms with Crippen LogP contribution in [0.3, 0.4) is 0 Å². The van der Waals surface area contributed by atoms with E-state index in [0.29, 0.717) is 5.52 Å². The number of benzene rings is 1. The highest BCUT2D eigenvalue weighted by molar-refractivity contribution is 7.13. The first-order valence-electron chi connectivity index (χ1n) is 4.37. The average Bonchev–Trinajstić information content (AvgIpc) is 2.84. The molecular weight excluding hydrogens is 213 g/mol. The first-order valence-corrected chi connectivity index (χ1v) is 5.25. The fourth-order valence-electron chi connectivity index (χ4n) is 1.43. The molecule has 0 amide bonds. The first kappa shape index (κ1) is 8.55. The minimum atomic E-state index is -0.262. The van der Waals surface area contributed by atoms with Gasteiger partial charge in [-0.05, 0) is 18.2 Å². The van der Waals surface area contributed by atoms with Crippen molar-refractivity contribution < 1.29 is 4.39 Å². The second kappa shape index (κ2) is 3.13. The van der Waals surface area contributed by atoms with E-state index in [-0.39, 0.29) is 5.82 Å². The molecule has 0 atom stereocenters. The van der Waals surface area contributed by atoms with E-state index in [1.54, 1.807) is 17.8 Å². The molecule has 0 fully saturated rings. The summed E-state index contributed by atoms with van der Waals surface area (Å²) in [6.45, 7) is 0. The first-order chi connectivity index (χ1) is 7.33. The molecule has 3 nitrogen and oxygen atoms in total. The molecule has 0 aliphatic carbocycles. The van der Waals surface area contributed by atoms with Crippen LogP contribution in [0.4, 0.5) is 4.39 Å². The number of halogens is 1. The summed E-state index contributed by atoms with van der Waals surface area (Å²) in [5, 5.41) is 0. The lowest BCUT2D eigenvalue weighted by molar-refractivity contribution is 0.629. The highest BCUT2D eigenvalue weighted by atomic mass is 32.1. The maximum absolute atomic E-state index is 12.9. The maximum atomic E-state index is 12.9. The molecule has 74 valence electrons. The number of aromatic amines is 1. The number of thiazole rings is 1. The number of imidazole rings is 1. The molecule has 0 unspecified atom stereocenters. The van der Waals surface area contributed by atoms with Gasteiger partial charge in [0.25, 0.3) is 0 Å². The van der Waals surface area contributed by atoms with Gasteiger partial charge in [0, 0.05) is 6.20 Å². The molecule has 0 bridgehead atoms. The molecule has 0 aliphatic heterocycles. The molecule has 2 heterocycles. The van der Waals surface area contributed by atoms with Crippen molar-refractivity contribution in [1.29, 1.82) is 0 Å². The van der Waals surface area contributed by atoms with E-state index in [2.05, 4.69) is 15.0 Å². The lowest BCUT2D eigenvalue weighted by Crippen LogP contribution is -1.73. The summed E-state index contributed by atoms with van der Waals surface area (Å²) in [5.41, 5.74) is 3.21. The second-order valence-electron chi connectivity index (χ2n) is 3.11. The molecule has 3 rings (SSSR count). The van der Waals surface area contributed by atoms with Crippen molar-refractivity contribution in [3.63, 3.8) is 0 Å². The molecular formula is C10H6FN3S. The minimum Gasteiger partial charge on any atom is -0.337 e. The third kappa shape index (κ3) is 1.41. The van der Waals surface area contributed by atoms with Crippen molar-refractivity contribution in [3.05, 3.63) is 35.7 Å². The SMILES string of the molecule is Fc1ccc2nc(-c3cncs3)[nH]c2c1. The van der Waals surface area contributed by atoms with Crippen molar-refractivity contribution in [2.24, 2.45) is 0 Å². The summed E-state index contributed by atoms with van der Waals surface area (Å²) >= 11 is 1.50. The number of fused-ring (bicyclic) bond motifs is 1. The van der Waals surface area contributed by atoms with Gasteiger partial charge in [0.1, 0.15) is 11.6 Å². The Labute approximate surface area is 88.6 Å². The Morgan fingerprint density at radius 3 is 3.07 bits per heavy atom. The Morgan fingerprint density at radius 1 is 1.33 bits per heavy atom. The zero-order valence-corrected chi connectivity index (χ0v) is 8.38. The number of rotatable bonds is 1. The van der Waals surface area contributed by atoms with Gasteiger partial charge < -0.3 is 4.98 Å². The van der Waals surface area contributed by atoms with Crippen LogP contribution in [-0.4, -0.2) is 15.0 Å². The Bertz CT molecular complexity index is 600. The van der Waals surface area contributed by atoms with Crippen molar-refractivity contribution >= 4 is 22.4 Å². The van der Waals surface area contributed by atoms with Crippen LogP contribution in [0.2, 0.25) is 0 Å². The third-order valence-electron chi connectivity index (χ3n) is 2.11. The van der Waals surface area contributed by atoms with Crippen LogP contribution in [0.1, 0.15) is 0 Å². The predicted molar refractivity (Wildman–Crippen MR) is 57.2 cm³/mol. The van der Waals surface area contributed by atoms with Crippen molar-refractivity contribution in [1.82, 2.24) is 15.0 Å². The van der Waals surface area contributed by atoms with Crippen molar-refractivity contribution in [2.45, 2.75) is 0 Å². The summed E-state index contributed by atoms with van der Waals surface area (Å²) in [6, 6.07) is 4.50. The van der Waals surface area contributed by atoms with Gasteiger partial charge in [-0.3, -0.25) is 4.98 Å². The number of hydrogen-bond donors (Lipinski definition) is 1. The van der Waals surface area contributed by atoms with Gasteiger partial charge in [-0.1, -0.05) is 0 Å². The smallest absolute Gasteiger partial charge is 0.150 e. The number of nitrogens with zero attached hydrogens (tertiary/aromatic N) is 2. The second-order valence-corrected chi connectivity index (χ2v) is 4.00. The van der Waals surface area contributed by atoms with Crippen LogP contribution in [0.5, 0.6) is 0 Å². The van der Waals surface area contributed by atoms with Gasteiger partial charge in [-0.25, -0.2) is 9.37 Å². The average molecular weight is 219 g/mol. The van der Waals surface area contributed by atoms with Crippen LogP contribution in [0.15, 0.2) is 29.9 Å². The van der Waals surface area contributed by atoms with Gasteiger partial charge in [0.15, 0.2) is 0 Å². The lowest BCUT2D eigenvalue weighted by Gasteiger charge is -1.86. The molecule has 5 heteroatoms. The van der Waals surface area contributed by atoms with E-state index in [1.807, 2.05) is 0 Å². The van der Waals surface area contributed by atoms with E-state index in [9.17, 15) is 4.39 Å². The van der Waals surface area contributed by atoms with Crippen LogP contribution >= 0.6 is 11.3 Å². The van der Waals surface area contributed by atoms with E-state index in [4.69, 9.17) is 0 Å². The normalized spacial score (nSPS) is 11.0. The lowest BCUT2D eigenvalue weighted by atomic mass is 10.3. The highest BCUT2D eigenvalue weighted by Gasteiger charge is 2.06. The molecule has 2 aromatic heterocycles. The maximum Gasteiger partial charge on any atom is 0.150 e. The standard InChI is InChI=1S/C10H6FN3S/c11-6-1-2-7-8(3-6)14-10(13-7)9-4-12-5-15-9/h1-5H,(H,13,14). The molecule has 0 saturated heterocycles. The monoisotopic (exact) mass is 219 g/mol. The Hall–Kier alpha value is -1.75. The van der Waals surface area contributed by atoms with Crippen LogP contribution in [0, 0.1) is 5.82 Å². The number of hydrogen-bond acceptors (Lipinski definition) is 3. The summed E-state index contributed by atoms with van der Waals surface area (Å²) in [5.74, 6) is 0.472. The molecule has 1 N–H and O–H groups in total. The fourth-order valence-corrected chi connectivity index (χ4v) is 2.00. The topological polar surface area (TPSA) is 41.6 Å². The molecule has 3 aromatic rings. The number of aromatic nitrogens is 3. The molecule has 15 heavy (non-hydrogen) atoms. The molecule has 0 saturated carbocycles. The largest absolute Gasteiger partial charge is 0.337 e. The fraction of sp³-hybridized carbons (Fsp3) is 0. The van der Waals surface area contributed by atoms with Gasteiger partial charge in [0.05, 0.1) is 21.4 Å². The van der Waals surface area contributed by atoms with Gasteiger partial charge in [-0.15, -0.1) is 11.3 Å². The van der Waals surface area contributed by atoms with Gasteiger partial charge in [0.2, 0.25) is 0 Å². The predicted octanol–water partition coefficient (Wildman–Crippen LogP) is 2.83. The zero-order chi connectivity index (χ0) is 10.3. The van der Waals surface area contributed by atoms with Crippen LogP contribution in [-0.2, 0) is 0 Å². The Morgan fingerprint density at radius 2 is 2.27 bits per heavy atom.